The van der Waals surface area contributed by atoms with E-state index in [9.17, 15) is 19.7 Å². The Balaban J connectivity index is 1.91. The number of nitro benzene ring substituents is 1. The van der Waals surface area contributed by atoms with E-state index in [-0.39, 0.29) is 35.2 Å². The Morgan fingerprint density at radius 2 is 2.03 bits per heavy atom. The van der Waals surface area contributed by atoms with Gasteiger partial charge in [0.25, 0.3) is 5.69 Å². The standard InChI is InChI=1S/C20H24N4O4S/c1-12(2)23-18(26)20(17(25)21-19(23)29)11-13-10-14(24(27)28)7-8-15(13)22-9-5-3-4-6-16(20)22/h7-8,10,12,16H,3-6,9,11H2,1-2H3,(H,21,25,29). The second-order valence-corrected chi connectivity index (χ2v) is 8.69. The quantitative estimate of drug-likeness (QED) is 0.345. The summed E-state index contributed by atoms with van der Waals surface area (Å²) in [4.78, 5) is 41.6. The Labute approximate surface area is 174 Å². The first kappa shape index (κ1) is 19.8. The molecule has 154 valence electrons. The zero-order chi connectivity index (χ0) is 20.9. The fraction of sp³-hybridized carbons (Fsp3) is 0.550. The summed E-state index contributed by atoms with van der Waals surface area (Å²) in [5.41, 5.74) is 0.182. The van der Waals surface area contributed by atoms with Gasteiger partial charge >= 0.3 is 0 Å². The highest BCUT2D eigenvalue weighted by Gasteiger charge is 2.61. The van der Waals surface area contributed by atoms with E-state index in [4.69, 9.17) is 12.2 Å². The van der Waals surface area contributed by atoms with E-state index >= 15 is 0 Å². The highest BCUT2D eigenvalue weighted by atomic mass is 32.1. The maximum Gasteiger partial charge on any atom is 0.269 e. The zero-order valence-electron chi connectivity index (χ0n) is 16.5. The molecule has 0 bridgehead atoms. The molecule has 3 aliphatic heterocycles. The van der Waals surface area contributed by atoms with Crippen LogP contribution in [0.4, 0.5) is 11.4 Å². The van der Waals surface area contributed by atoms with Gasteiger partial charge in [0, 0.05) is 36.8 Å². The average molecular weight is 417 g/mol. The monoisotopic (exact) mass is 416 g/mol. The molecule has 8 nitrogen and oxygen atoms in total. The molecule has 4 rings (SSSR count). The number of hydrogen-bond acceptors (Lipinski definition) is 6. The molecule has 3 heterocycles. The van der Waals surface area contributed by atoms with E-state index in [1.807, 2.05) is 13.8 Å². The minimum Gasteiger partial charge on any atom is -0.367 e. The first-order valence-electron chi connectivity index (χ1n) is 10.0. The number of carbonyl (C=O) groups excluding carboxylic acids is 2. The van der Waals surface area contributed by atoms with Gasteiger partial charge in [-0.15, -0.1) is 0 Å². The number of nitro groups is 1. The lowest BCUT2D eigenvalue weighted by Gasteiger charge is -2.52. The Morgan fingerprint density at radius 3 is 2.72 bits per heavy atom. The van der Waals surface area contributed by atoms with Gasteiger partial charge < -0.3 is 10.2 Å². The van der Waals surface area contributed by atoms with Gasteiger partial charge in [-0.05, 0) is 50.5 Å². The van der Waals surface area contributed by atoms with Crippen molar-refractivity contribution in [2.75, 3.05) is 11.4 Å². The topological polar surface area (TPSA) is 95.8 Å². The summed E-state index contributed by atoms with van der Waals surface area (Å²) in [6.45, 7) is 4.44. The number of hydrogen-bond donors (Lipinski definition) is 1. The predicted octanol–water partition coefficient (Wildman–Crippen LogP) is 2.54. The molecule has 1 N–H and O–H groups in total. The third-order valence-corrected chi connectivity index (χ3v) is 6.63. The lowest BCUT2D eigenvalue weighted by atomic mass is 9.67. The second-order valence-electron chi connectivity index (χ2n) is 8.30. The van der Waals surface area contributed by atoms with E-state index in [2.05, 4.69) is 10.2 Å². The lowest BCUT2D eigenvalue weighted by Crippen LogP contribution is -2.72. The molecule has 9 heteroatoms. The van der Waals surface area contributed by atoms with Crippen LogP contribution in [0.2, 0.25) is 0 Å². The molecular weight excluding hydrogens is 392 g/mol. The molecule has 0 aromatic heterocycles. The molecule has 0 radical (unpaired) electrons. The van der Waals surface area contributed by atoms with E-state index in [0.29, 0.717) is 18.5 Å². The molecule has 1 aromatic rings. The maximum atomic E-state index is 13.8. The van der Waals surface area contributed by atoms with E-state index in [0.717, 1.165) is 24.9 Å². The summed E-state index contributed by atoms with van der Waals surface area (Å²) in [6, 6.07) is 4.27. The molecule has 0 saturated carbocycles. The van der Waals surface area contributed by atoms with Crippen LogP contribution in [0.25, 0.3) is 0 Å². The van der Waals surface area contributed by atoms with Gasteiger partial charge in [-0.25, -0.2) is 0 Å². The van der Waals surface area contributed by atoms with Gasteiger partial charge in [0.05, 0.1) is 11.0 Å². The van der Waals surface area contributed by atoms with Crippen LogP contribution < -0.4 is 10.2 Å². The highest BCUT2D eigenvalue weighted by molar-refractivity contribution is 7.80. The first-order valence-corrected chi connectivity index (χ1v) is 10.4. The molecular formula is C20H24N4O4S. The van der Waals surface area contributed by atoms with Crippen molar-refractivity contribution in [2.24, 2.45) is 5.41 Å². The van der Waals surface area contributed by atoms with Crippen LogP contribution in [0.3, 0.4) is 0 Å². The van der Waals surface area contributed by atoms with Gasteiger partial charge in [-0.3, -0.25) is 24.6 Å². The van der Waals surface area contributed by atoms with Gasteiger partial charge in [0.2, 0.25) is 11.8 Å². The minimum atomic E-state index is -1.33. The smallest absolute Gasteiger partial charge is 0.269 e. The third kappa shape index (κ3) is 2.90. The second kappa shape index (κ2) is 7.05. The number of benzene rings is 1. The summed E-state index contributed by atoms with van der Waals surface area (Å²) < 4.78 is 0. The van der Waals surface area contributed by atoms with Crippen LogP contribution in [0.5, 0.6) is 0 Å². The highest BCUT2D eigenvalue weighted by Crippen LogP contribution is 2.48. The molecule has 2 amide bonds. The van der Waals surface area contributed by atoms with Crippen LogP contribution in [-0.4, -0.2) is 45.4 Å². The van der Waals surface area contributed by atoms with Crippen molar-refractivity contribution >= 4 is 40.5 Å². The first-order chi connectivity index (χ1) is 13.8. The summed E-state index contributed by atoms with van der Waals surface area (Å²) >= 11 is 5.29. The van der Waals surface area contributed by atoms with Crippen molar-refractivity contribution in [3.05, 3.63) is 33.9 Å². The summed E-state index contributed by atoms with van der Waals surface area (Å²) in [7, 11) is 0. The van der Waals surface area contributed by atoms with E-state index in [1.165, 1.54) is 17.0 Å². The van der Waals surface area contributed by atoms with Gasteiger partial charge in [-0.2, -0.15) is 0 Å². The van der Waals surface area contributed by atoms with Crippen molar-refractivity contribution < 1.29 is 14.5 Å². The van der Waals surface area contributed by atoms with Crippen LogP contribution in [0.15, 0.2) is 18.2 Å². The number of nitrogens with zero attached hydrogens (tertiary/aromatic N) is 3. The van der Waals surface area contributed by atoms with E-state index in [1.54, 1.807) is 6.07 Å². The number of nitrogens with one attached hydrogen (secondary N) is 1. The predicted molar refractivity (Wildman–Crippen MR) is 112 cm³/mol. The number of anilines is 1. The SMILES string of the molecule is CC(C)N1C(=O)C2(Cc3cc([N+](=O)[O-])ccc3N3CCCCCC32)C(=O)NC1=S. The molecule has 1 spiro atoms. The molecule has 3 aliphatic rings. The number of fused-ring (bicyclic) bond motifs is 4. The fourth-order valence-corrected chi connectivity index (χ4v) is 5.41. The molecule has 0 aliphatic carbocycles. The third-order valence-electron chi connectivity index (χ3n) is 6.34. The Kier molecular flexibility index (Phi) is 4.80. The van der Waals surface area contributed by atoms with Crippen LogP contribution in [0.1, 0.15) is 45.1 Å². The molecule has 1 aromatic carbocycles. The number of amides is 2. The van der Waals surface area contributed by atoms with Crippen molar-refractivity contribution in [1.29, 1.82) is 0 Å². The van der Waals surface area contributed by atoms with Crippen molar-refractivity contribution in [3.63, 3.8) is 0 Å². The Bertz CT molecular complexity index is 918. The summed E-state index contributed by atoms with van der Waals surface area (Å²) in [6.07, 6.45) is 3.76. The number of rotatable bonds is 2. The van der Waals surface area contributed by atoms with Crippen LogP contribution in [-0.2, 0) is 16.0 Å². The lowest BCUT2D eigenvalue weighted by molar-refractivity contribution is -0.384. The Morgan fingerprint density at radius 1 is 1.28 bits per heavy atom. The average Bonchev–Trinajstić information content (AvgIpc) is 2.91. The normalized spacial score (nSPS) is 26.9. The Hall–Kier alpha value is -2.55. The van der Waals surface area contributed by atoms with Crippen molar-refractivity contribution in [2.45, 2.75) is 58.0 Å². The molecule has 2 unspecified atom stereocenters. The molecule has 29 heavy (non-hydrogen) atoms. The number of non-ortho nitro benzene ring substituents is 1. The van der Waals surface area contributed by atoms with Crippen LogP contribution in [0, 0.1) is 15.5 Å². The zero-order valence-corrected chi connectivity index (χ0v) is 17.3. The van der Waals surface area contributed by atoms with Gasteiger partial charge in [-0.1, -0.05) is 12.8 Å². The van der Waals surface area contributed by atoms with Gasteiger partial charge in [0.15, 0.2) is 10.5 Å². The molecule has 2 fully saturated rings. The van der Waals surface area contributed by atoms with Crippen molar-refractivity contribution in [3.8, 4) is 0 Å². The van der Waals surface area contributed by atoms with Gasteiger partial charge in [0.1, 0.15) is 0 Å². The molecule has 2 atom stereocenters. The summed E-state index contributed by atoms with van der Waals surface area (Å²) in [5, 5.41) is 14.2. The largest absolute Gasteiger partial charge is 0.367 e. The van der Waals surface area contributed by atoms with E-state index < -0.39 is 16.2 Å². The maximum absolute atomic E-state index is 13.8. The van der Waals surface area contributed by atoms with Crippen LogP contribution >= 0.6 is 12.2 Å². The fourth-order valence-electron chi connectivity index (χ4n) is 5.03. The molecule has 2 saturated heterocycles. The summed E-state index contributed by atoms with van der Waals surface area (Å²) in [5.74, 6) is -0.686. The minimum absolute atomic E-state index is 0.0351. The van der Waals surface area contributed by atoms with Crippen molar-refractivity contribution in [1.82, 2.24) is 10.2 Å². The number of thiocarbonyl (C=S) groups is 1. The number of carbonyl (C=O) groups is 2.